The first-order valence-electron chi connectivity index (χ1n) is 7.12. The molecule has 2 fully saturated rings. The van der Waals surface area contributed by atoms with Gasteiger partial charge in [0.25, 0.3) is 0 Å². The largest absolute Gasteiger partial charge is 0.479 e. The van der Waals surface area contributed by atoms with E-state index >= 15 is 0 Å². The topological polar surface area (TPSA) is 107 Å². The Kier molecular flexibility index (Phi) is 4.03. The number of β-lactam (4-membered cyclic amide) rings is 1. The maximum Gasteiger partial charge on any atom is 0.338 e. The molecule has 2 aliphatic heterocycles. The first-order chi connectivity index (χ1) is 10.9. The van der Waals surface area contributed by atoms with E-state index in [2.05, 4.69) is 5.32 Å². The number of thioether (sulfide) groups is 1. The van der Waals surface area contributed by atoms with E-state index < -0.39 is 17.6 Å². The first-order valence-corrected chi connectivity index (χ1v) is 8.17. The molecule has 3 N–H and O–H groups in total. The van der Waals surface area contributed by atoms with E-state index in [0.29, 0.717) is 0 Å². The Balaban J connectivity index is 1.59. The van der Waals surface area contributed by atoms with Crippen LogP contribution in [0.1, 0.15) is 5.56 Å². The zero-order valence-corrected chi connectivity index (χ0v) is 13.0. The number of amides is 2. The molecule has 1 aromatic rings. The lowest BCUT2D eigenvalue weighted by molar-refractivity contribution is -0.167. The Bertz CT molecular complexity index is 653. The van der Waals surface area contributed by atoms with Gasteiger partial charge in [0.2, 0.25) is 11.8 Å². The van der Waals surface area contributed by atoms with Gasteiger partial charge in [0.1, 0.15) is 11.4 Å². The van der Waals surface area contributed by atoms with Crippen LogP contribution in [0.3, 0.4) is 0 Å². The van der Waals surface area contributed by atoms with Crippen molar-refractivity contribution in [2.24, 2.45) is 0 Å². The Labute approximate surface area is 136 Å². The first kappa shape index (κ1) is 15.8. The van der Waals surface area contributed by atoms with Crippen molar-refractivity contribution in [3.05, 3.63) is 35.9 Å². The van der Waals surface area contributed by atoms with Crippen LogP contribution in [0.25, 0.3) is 0 Å². The van der Waals surface area contributed by atoms with Crippen LogP contribution in [0.5, 0.6) is 0 Å². The summed E-state index contributed by atoms with van der Waals surface area (Å²) in [4.78, 5) is 36.5. The smallest absolute Gasteiger partial charge is 0.338 e. The lowest BCUT2D eigenvalue weighted by Gasteiger charge is -2.52. The fourth-order valence-corrected chi connectivity index (χ4v) is 4.09. The molecule has 7 nitrogen and oxygen atoms in total. The van der Waals surface area contributed by atoms with Crippen molar-refractivity contribution < 1.29 is 24.6 Å². The second-order valence-electron chi connectivity index (χ2n) is 5.71. The lowest BCUT2D eigenvalue weighted by Crippen LogP contribution is -2.75. The molecule has 2 aliphatic rings. The molecule has 1 aromatic carbocycles. The minimum Gasteiger partial charge on any atom is -0.479 e. The number of nitrogens with zero attached hydrogens (tertiary/aromatic N) is 1. The second-order valence-corrected chi connectivity index (χ2v) is 6.82. The molecule has 0 radical (unpaired) electrons. The maximum atomic E-state index is 12.1. The number of hydrogen-bond donors (Lipinski definition) is 3. The standard InChI is InChI=1S/C15H16N2O5S/c18-10(6-9-4-2-1-3-5-9)16-11-12(19)17-7-15(22,14(20)21)8-23-13(11)17/h1-5,11,13,22H,6-8H2,(H,16,18)(H,20,21)/t11-,13-,15?/m1/s1. The molecule has 8 heteroatoms. The van der Waals surface area contributed by atoms with Crippen LogP contribution in [-0.2, 0) is 20.8 Å². The summed E-state index contributed by atoms with van der Waals surface area (Å²) in [5.74, 6) is -1.97. The van der Waals surface area contributed by atoms with Crippen molar-refractivity contribution in [1.29, 1.82) is 0 Å². The van der Waals surface area contributed by atoms with Crippen molar-refractivity contribution in [3.63, 3.8) is 0 Å². The molecule has 0 aromatic heterocycles. The summed E-state index contributed by atoms with van der Waals surface area (Å²) in [7, 11) is 0. The van der Waals surface area contributed by atoms with E-state index in [1.807, 2.05) is 30.3 Å². The number of carbonyl (C=O) groups excluding carboxylic acids is 2. The van der Waals surface area contributed by atoms with E-state index in [0.717, 1.165) is 5.56 Å². The number of aliphatic carboxylic acids is 1. The van der Waals surface area contributed by atoms with Gasteiger partial charge < -0.3 is 20.4 Å². The van der Waals surface area contributed by atoms with Gasteiger partial charge in [-0.2, -0.15) is 0 Å². The molecular weight excluding hydrogens is 320 g/mol. The minimum absolute atomic E-state index is 0.0121. The van der Waals surface area contributed by atoms with Gasteiger partial charge in [0, 0.05) is 5.75 Å². The summed E-state index contributed by atoms with van der Waals surface area (Å²) in [6.45, 7) is -0.246. The van der Waals surface area contributed by atoms with Crippen LogP contribution >= 0.6 is 11.8 Å². The number of hydrogen-bond acceptors (Lipinski definition) is 5. The summed E-state index contributed by atoms with van der Waals surface area (Å²) in [6, 6.07) is 8.53. The van der Waals surface area contributed by atoms with E-state index in [1.54, 1.807) is 0 Å². The van der Waals surface area contributed by atoms with Crippen molar-refractivity contribution in [2.75, 3.05) is 12.3 Å². The third kappa shape index (κ3) is 2.91. The Hall–Kier alpha value is -2.06. The van der Waals surface area contributed by atoms with E-state index in [-0.39, 0.29) is 35.9 Å². The zero-order valence-electron chi connectivity index (χ0n) is 12.1. The zero-order chi connectivity index (χ0) is 16.6. The number of rotatable bonds is 4. The Morgan fingerprint density at radius 3 is 2.70 bits per heavy atom. The molecule has 2 saturated heterocycles. The van der Waals surface area contributed by atoms with Crippen molar-refractivity contribution in [3.8, 4) is 0 Å². The number of carboxylic acids is 1. The number of carboxylic acid groups (broad SMARTS) is 1. The average molecular weight is 336 g/mol. The summed E-state index contributed by atoms with van der Waals surface area (Å²) >= 11 is 1.17. The molecule has 0 aliphatic carbocycles. The van der Waals surface area contributed by atoms with Crippen LogP contribution in [-0.4, -0.2) is 62.2 Å². The minimum atomic E-state index is -1.92. The molecule has 2 heterocycles. The monoisotopic (exact) mass is 336 g/mol. The third-order valence-electron chi connectivity index (χ3n) is 3.99. The highest BCUT2D eigenvalue weighted by Crippen LogP contribution is 2.38. The molecule has 3 atom stereocenters. The van der Waals surface area contributed by atoms with Crippen molar-refractivity contribution >= 4 is 29.5 Å². The summed E-state index contributed by atoms with van der Waals surface area (Å²) < 4.78 is 0. The molecule has 0 bridgehead atoms. The summed E-state index contributed by atoms with van der Waals surface area (Å²) in [5, 5.41) is 21.3. The fraction of sp³-hybridized carbons (Fsp3) is 0.400. The van der Waals surface area contributed by atoms with Crippen LogP contribution in [0, 0.1) is 0 Å². The summed E-state index contributed by atoms with van der Waals surface area (Å²) in [5.41, 5.74) is -1.07. The van der Waals surface area contributed by atoms with Crippen LogP contribution in [0.4, 0.5) is 0 Å². The molecular formula is C15H16N2O5S. The number of aliphatic hydroxyl groups is 1. The number of carbonyl (C=O) groups is 3. The van der Waals surface area contributed by atoms with Crippen molar-refractivity contribution in [2.45, 2.75) is 23.4 Å². The normalized spacial score (nSPS) is 29.4. The predicted octanol–water partition coefficient (Wildman–Crippen LogP) is -0.555. The van der Waals surface area contributed by atoms with Gasteiger partial charge >= 0.3 is 5.97 Å². The SMILES string of the molecule is O=C(Cc1ccccc1)N[C@@H]1C(=O)N2CC(O)(C(=O)O)CS[C@H]12. The van der Waals surface area contributed by atoms with Crippen LogP contribution < -0.4 is 5.32 Å². The maximum absolute atomic E-state index is 12.1. The van der Waals surface area contributed by atoms with Gasteiger partial charge in [-0.3, -0.25) is 9.59 Å². The van der Waals surface area contributed by atoms with E-state index in [1.165, 1.54) is 16.7 Å². The van der Waals surface area contributed by atoms with Gasteiger partial charge in [0.15, 0.2) is 5.60 Å². The second kappa shape index (κ2) is 5.86. The highest BCUT2D eigenvalue weighted by molar-refractivity contribution is 8.00. The van der Waals surface area contributed by atoms with Gasteiger partial charge in [-0.1, -0.05) is 30.3 Å². The van der Waals surface area contributed by atoms with Crippen LogP contribution in [0.2, 0.25) is 0 Å². The number of nitrogens with one attached hydrogen (secondary N) is 1. The Morgan fingerprint density at radius 1 is 1.35 bits per heavy atom. The van der Waals surface area contributed by atoms with Gasteiger partial charge in [-0.25, -0.2) is 4.79 Å². The van der Waals surface area contributed by atoms with E-state index in [9.17, 15) is 19.5 Å². The molecule has 3 rings (SSSR count). The van der Waals surface area contributed by atoms with Gasteiger partial charge in [-0.05, 0) is 5.56 Å². The summed E-state index contributed by atoms with van der Waals surface area (Å²) in [6.07, 6.45) is 0.182. The lowest BCUT2D eigenvalue weighted by atomic mass is 9.99. The highest BCUT2D eigenvalue weighted by atomic mass is 32.2. The van der Waals surface area contributed by atoms with Gasteiger partial charge in [0.05, 0.1) is 13.0 Å². The Morgan fingerprint density at radius 2 is 2.04 bits per heavy atom. The highest BCUT2D eigenvalue weighted by Gasteiger charge is 2.56. The third-order valence-corrected chi connectivity index (χ3v) is 5.50. The van der Waals surface area contributed by atoms with Gasteiger partial charge in [-0.15, -0.1) is 11.8 Å². The molecule has 0 saturated carbocycles. The quantitative estimate of drug-likeness (QED) is 0.637. The molecule has 122 valence electrons. The van der Waals surface area contributed by atoms with Crippen LogP contribution in [0.15, 0.2) is 30.3 Å². The predicted molar refractivity (Wildman–Crippen MR) is 82.6 cm³/mol. The molecule has 1 unspecified atom stereocenters. The number of fused-ring (bicyclic) bond motifs is 1. The molecule has 2 amide bonds. The molecule has 23 heavy (non-hydrogen) atoms. The fourth-order valence-electron chi connectivity index (χ4n) is 2.70. The molecule has 0 spiro atoms. The number of benzene rings is 1. The average Bonchev–Trinajstić information content (AvgIpc) is 2.53. The van der Waals surface area contributed by atoms with E-state index in [4.69, 9.17) is 5.11 Å². The van der Waals surface area contributed by atoms with Crippen molar-refractivity contribution in [1.82, 2.24) is 10.2 Å².